The third kappa shape index (κ3) is 5.26. The van der Waals surface area contributed by atoms with E-state index in [2.05, 4.69) is 9.62 Å². The maximum Gasteiger partial charge on any atom is 0.242 e. The van der Waals surface area contributed by atoms with Gasteiger partial charge in [0, 0.05) is 24.7 Å². The molecule has 0 radical (unpaired) electrons. The quantitative estimate of drug-likeness (QED) is 0.642. The standard InChI is InChI=1S/C20H24Cl2N2O3S/c21-17-8-6-16(7-9-17)20(25)10-14-24(15-11-20)13-3-12-23-28(26,27)19-5-2-1-4-18(19)22/h1-2,4-9,23,25H,3,10-15H2. The van der Waals surface area contributed by atoms with Gasteiger partial charge in [-0.2, -0.15) is 0 Å². The number of piperidine rings is 1. The number of sulfonamides is 1. The summed E-state index contributed by atoms with van der Waals surface area (Å²) in [6.45, 7) is 2.63. The van der Waals surface area contributed by atoms with Crippen LogP contribution < -0.4 is 4.72 Å². The van der Waals surface area contributed by atoms with E-state index in [9.17, 15) is 13.5 Å². The number of rotatable bonds is 7. The van der Waals surface area contributed by atoms with E-state index < -0.39 is 15.6 Å². The number of benzene rings is 2. The Labute approximate surface area is 176 Å². The molecule has 2 N–H and O–H groups in total. The predicted octanol–water partition coefficient (Wildman–Crippen LogP) is 3.65. The number of nitrogens with zero attached hydrogens (tertiary/aromatic N) is 1. The van der Waals surface area contributed by atoms with Gasteiger partial charge in [0.2, 0.25) is 10.0 Å². The maximum absolute atomic E-state index is 12.3. The van der Waals surface area contributed by atoms with E-state index in [1.807, 2.05) is 12.1 Å². The Kier molecular flexibility index (Phi) is 7.02. The molecule has 2 aromatic rings. The molecule has 1 aliphatic rings. The van der Waals surface area contributed by atoms with E-state index in [4.69, 9.17) is 23.2 Å². The molecule has 0 atom stereocenters. The molecule has 1 heterocycles. The second kappa shape index (κ2) is 9.11. The molecule has 28 heavy (non-hydrogen) atoms. The lowest BCUT2D eigenvalue weighted by atomic mass is 9.84. The normalized spacial score (nSPS) is 17.5. The Hall–Kier alpha value is -1.15. The van der Waals surface area contributed by atoms with Gasteiger partial charge in [0.05, 0.1) is 10.6 Å². The summed E-state index contributed by atoms with van der Waals surface area (Å²) < 4.78 is 27.2. The first-order valence-corrected chi connectivity index (χ1v) is 11.5. The van der Waals surface area contributed by atoms with Gasteiger partial charge in [-0.05, 0) is 55.6 Å². The summed E-state index contributed by atoms with van der Waals surface area (Å²) in [5.41, 5.74) is 0.0660. The average Bonchev–Trinajstić information content (AvgIpc) is 2.67. The van der Waals surface area contributed by atoms with Crippen LogP contribution in [0.2, 0.25) is 10.0 Å². The Balaban J connectivity index is 1.45. The van der Waals surface area contributed by atoms with Crippen molar-refractivity contribution >= 4 is 33.2 Å². The van der Waals surface area contributed by atoms with Crippen LogP contribution in [0, 0.1) is 0 Å². The van der Waals surface area contributed by atoms with Crippen LogP contribution in [0.3, 0.4) is 0 Å². The zero-order chi connectivity index (χ0) is 20.2. The lowest BCUT2D eigenvalue weighted by Crippen LogP contribution is -2.43. The lowest BCUT2D eigenvalue weighted by Gasteiger charge is -2.38. The van der Waals surface area contributed by atoms with Crippen LogP contribution in [0.25, 0.3) is 0 Å². The molecule has 0 aliphatic carbocycles. The SMILES string of the molecule is O=S(=O)(NCCCN1CCC(O)(c2ccc(Cl)cc2)CC1)c1ccccc1Cl. The summed E-state index contributed by atoms with van der Waals surface area (Å²) in [5.74, 6) is 0. The van der Waals surface area contributed by atoms with Crippen molar-refractivity contribution in [3.05, 3.63) is 64.1 Å². The Bertz CT molecular complexity index is 896. The molecule has 1 fully saturated rings. The van der Waals surface area contributed by atoms with Crippen molar-refractivity contribution in [3.8, 4) is 0 Å². The van der Waals surface area contributed by atoms with Crippen LogP contribution in [0.15, 0.2) is 53.4 Å². The van der Waals surface area contributed by atoms with E-state index in [1.54, 1.807) is 30.3 Å². The first-order chi connectivity index (χ1) is 13.3. The fraction of sp³-hybridized carbons (Fsp3) is 0.400. The molecule has 1 aliphatic heterocycles. The highest BCUT2D eigenvalue weighted by Crippen LogP contribution is 2.33. The maximum atomic E-state index is 12.3. The van der Waals surface area contributed by atoms with Gasteiger partial charge < -0.3 is 10.0 Å². The Morgan fingerprint density at radius 2 is 1.68 bits per heavy atom. The van der Waals surface area contributed by atoms with Crippen LogP contribution >= 0.6 is 23.2 Å². The van der Waals surface area contributed by atoms with Crippen molar-refractivity contribution in [1.29, 1.82) is 0 Å². The van der Waals surface area contributed by atoms with Crippen molar-refractivity contribution < 1.29 is 13.5 Å². The largest absolute Gasteiger partial charge is 0.385 e. The minimum atomic E-state index is -3.60. The van der Waals surface area contributed by atoms with Crippen LogP contribution in [-0.2, 0) is 15.6 Å². The van der Waals surface area contributed by atoms with E-state index >= 15 is 0 Å². The van der Waals surface area contributed by atoms with Crippen molar-refractivity contribution in [2.45, 2.75) is 29.8 Å². The van der Waals surface area contributed by atoms with Crippen molar-refractivity contribution in [1.82, 2.24) is 9.62 Å². The van der Waals surface area contributed by atoms with Gasteiger partial charge in [0.25, 0.3) is 0 Å². The number of likely N-dealkylation sites (tertiary alicyclic amines) is 1. The van der Waals surface area contributed by atoms with Gasteiger partial charge in [-0.3, -0.25) is 0 Å². The molecule has 5 nitrogen and oxygen atoms in total. The van der Waals surface area contributed by atoms with Gasteiger partial charge >= 0.3 is 0 Å². The number of hydrogen-bond donors (Lipinski definition) is 2. The molecule has 0 saturated carbocycles. The smallest absolute Gasteiger partial charge is 0.242 e. The molecular weight excluding hydrogens is 419 g/mol. The highest BCUT2D eigenvalue weighted by Gasteiger charge is 2.33. The zero-order valence-electron chi connectivity index (χ0n) is 15.4. The van der Waals surface area contributed by atoms with E-state index in [-0.39, 0.29) is 9.92 Å². The summed E-state index contributed by atoms with van der Waals surface area (Å²) in [7, 11) is -3.60. The molecule has 1 saturated heterocycles. The lowest BCUT2D eigenvalue weighted by molar-refractivity contribution is -0.0259. The Morgan fingerprint density at radius 1 is 1.04 bits per heavy atom. The molecule has 152 valence electrons. The van der Waals surface area contributed by atoms with Gasteiger partial charge in [0.1, 0.15) is 4.90 Å². The minimum Gasteiger partial charge on any atom is -0.385 e. The van der Waals surface area contributed by atoms with E-state index in [1.165, 1.54) is 6.07 Å². The predicted molar refractivity (Wildman–Crippen MR) is 112 cm³/mol. The van der Waals surface area contributed by atoms with Crippen LogP contribution in [0.5, 0.6) is 0 Å². The highest BCUT2D eigenvalue weighted by molar-refractivity contribution is 7.89. The summed E-state index contributed by atoms with van der Waals surface area (Å²) in [6, 6.07) is 13.7. The first-order valence-electron chi connectivity index (χ1n) is 9.25. The third-order valence-corrected chi connectivity index (χ3v) is 7.35. The molecule has 0 spiro atoms. The van der Waals surface area contributed by atoms with Crippen molar-refractivity contribution in [3.63, 3.8) is 0 Å². The summed E-state index contributed by atoms with van der Waals surface area (Å²) >= 11 is 11.9. The second-order valence-electron chi connectivity index (χ2n) is 7.06. The zero-order valence-corrected chi connectivity index (χ0v) is 17.8. The highest BCUT2D eigenvalue weighted by atomic mass is 35.5. The number of nitrogens with one attached hydrogen (secondary N) is 1. The van der Waals surface area contributed by atoms with E-state index in [0.717, 1.165) is 25.2 Å². The van der Waals surface area contributed by atoms with Crippen LogP contribution in [0.4, 0.5) is 0 Å². The van der Waals surface area contributed by atoms with Crippen LogP contribution in [0.1, 0.15) is 24.8 Å². The molecule has 8 heteroatoms. The number of hydrogen-bond acceptors (Lipinski definition) is 4. The summed E-state index contributed by atoms with van der Waals surface area (Å²) in [6.07, 6.45) is 1.96. The molecular formula is C20H24Cl2N2O3S. The second-order valence-corrected chi connectivity index (χ2v) is 9.64. The van der Waals surface area contributed by atoms with Gasteiger partial charge in [-0.25, -0.2) is 13.1 Å². The molecule has 2 aromatic carbocycles. The molecule has 3 rings (SSSR count). The Morgan fingerprint density at radius 3 is 2.32 bits per heavy atom. The van der Waals surface area contributed by atoms with E-state index in [0.29, 0.717) is 30.8 Å². The van der Waals surface area contributed by atoms with Crippen molar-refractivity contribution in [2.24, 2.45) is 0 Å². The molecule has 0 amide bonds. The fourth-order valence-corrected chi connectivity index (χ4v) is 5.16. The summed E-state index contributed by atoms with van der Waals surface area (Å²) in [4.78, 5) is 2.34. The van der Waals surface area contributed by atoms with Gasteiger partial charge in [-0.15, -0.1) is 0 Å². The summed E-state index contributed by atoms with van der Waals surface area (Å²) in [5, 5.41) is 11.8. The number of halogens is 2. The number of aliphatic hydroxyl groups is 1. The molecule has 0 unspecified atom stereocenters. The van der Waals surface area contributed by atoms with Crippen LogP contribution in [-0.4, -0.2) is 44.6 Å². The minimum absolute atomic E-state index is 0.0997. The monoisotopic (exact) mass is 442 g/mol. The fourth-order valence-electron chi connectivity index (χ4n) is 3.44. The average molecular weight is 443 g/mol. The first kappa shape index (κ1) is 21.6. The van der Waals surface area contributed by atoms with Gasteiger partial charge in [-0.1, -0.05) is 47.5 Å². The van der Waals surface area contributed by atoms with Gasteiger partial charge in [0.15, 0.2) is 0 Å². The molecule has 0 aromatic heterocycles. The topological polar surface area (TPSA) is 69.6 Å². The third-order valence-electron chi connectivity index (χ3n) is 5.13. The van der Waals surface area contributed by atoms with Crippen molar-refractivity contribution in [2.75, 3.05) is 26.2 Å². The molecule has 0 bridgehead atoms.